The van der Waals surface area contributed by atoms with Gasteiger partial charge in [-0.05, 0) is 24.5 Å². The second-order valence-corrected chi connectivity index (χ2v) is 7.46. The molecule has 0 radical (unpaired) electrons. The van der Waals surface area contributed by atoms with Crippen LogP contribution in [0.2, 0.25) is 5.02 Å². The van der Waals surface area contributed by atoms with Gasteiger partial charge in [0.25, 0.3) is 0 Å². The summed E-state index contributed by atoms with van der Waals surface area (Å²) in [6.07, 6.45) is 0.499. The van der Waals surface area contributed by atoms with Crippen LogP contribution in [-0.2, 0) is 10.0 Å². The third-order valence-corrected chi connectivity index (χ3v) is 5.58. The zero-order valence-electron chi connectivity index (χ0n) is 12.2. The Bertz CT molecular complexity index is 547. The van der Waals surface area contributed by atoms with Gasteiger partial charge < -0.3 is 5.73 Å². The summed E-state index contributed by atoms with van der Waals surface area (Å²) < 4.78 is 39.4. The van der Waals surface area contributed by atoms with Gasteiger partial charge >= 0.3 is 0 Å². The van der Waals surface area contributed by atoms with E-state index in [0.29, 0.717) is 6.42 Å². The van der Waals surface area contributed by atoms with E-state index in [1.54, 1.807) is 0 Å². The van der Waals surface area contributed by atoms with Gasteiger partial charge in [0, 0.05) is 19.6 Å². The molecule has 1 aromatic rings. The quantitative estimate of drug-likeness (QED) is 0.850. The van der Waals surface area contributed by atoms with Gasteiger partial charge in [-0.2, -0.15) is 0 Å². The number of hydrogen-bond donors (Lipinski definition) is 1. The van der Waals surface area contributed by atoms with Gasteiger partial charge in [-0.1, -0.05) is 31.5 Å². The Morgan fingerprint density at radius 2 is 1.95 bits per heavy atom. The van der Waals surface area contributed by atoms with E-state index in [4.69, 9.17) is 17.3 Å². The smallest absolute Gasteiger partial charge is 0.247 e. The fraction of sp³-hybridized carbons (Fsp3) is 0.538. The highest BCUT2D eigenvalue weighted by atomic mass is 35.5. The molecule has 21 heavy (non-hydrogen) atoms. The van der Waals surface area contributed by atoms with Crippen molar-refractivity contribution >= 4 is 34.0 Å². The van der Waals surface area contributed by atoms with Crippen LogP contribution in [0.3, 0.4) is 0 Å². The molecule has 0 amide bonds. The summed E-state index contributed by atoms with van der Waals surface area (Å²) >= 11 is 5.80. The van der Waals surface area contributed by atoms with Crippen LogP contribution in [0.5, 0.6) is 0 Å². The van der Waals surface area contributed by atoms with Crippen molar-refractivity contribution in [2.24, 2.45) is 11.7 Å². The lowest BCUT2D eigenvalue weighted by Gasteiger charge is -2.21. The van der Waals surface area contributed by atoms with E-state index in [2.05, 4.69) is 0 Å². The van der Waals surface area contributed by atoms with Gasteiger partial charge in [-0.25, -0.2) is 17.1 Å². The fourth-order valence-corrected chi connectivity index (χ4v) is 3.41. The molecule has 0 spiro atoms. The summed E-state index contributed by atoms with van der Waals surface area (Å²) in [5.41, 5.74) is 5.88. The molecule has 4 nitrogen and oxygen atoms in total. The maximum Gasteiger partial charge on any atom is 0.247 e. The molecule has 0 saturated carbocycles. The standard InChI is InChI=1S/C13H20ClFN2O2S.ClH/c1-9(2)12(16)7-8-17(3)20(18,19)13-10(14)5-4-6-11(13)15;/h4-6,9,12H,7-8,16H2,1-3H3;1H. The Morgan fingerprint density at radius 3 is 2.43 bits per heavy atom. The Labute approximate surface area is 136 Å². The molecule has 1 aromatic carbocycles. The van der Waals surface area contributed by atoms with E-state index >= 15 is 0 Å². The van der Waals surface area contributed by atoms with Gasteiger partial charge in [0.1, 0.15) is 10.7 Å². The molecule has 1 rings (SSSR count). The Hall–Kier alpha value is -0.400. The summed E-state index contributed by atoms with van der Waals surface area (Å²) in [4.78, 5) is -0.484. The highest BCUT2D eigenvalue weighted by molar-refractivity contribution is 7.89. The predicted molar refractivity (Wildman–Crippen MR) is 85.9 cm³/mol. The van der Waals surface area contributed by atoms with E-state index < -0.39 is 20.7 Å². The van der Waals surface area contributed by atoms with Crippen LogP contribution < -0.4 is 5.73 Å². The second kappa shape index (κ2) is 8.29. The van der Waals surface area contributed by atoms with Crippen molar-refractivity contribution in [2.75, 3.05) is 13.6 Å². The van der Waals surface area contributed by atoms with Crippen LogP contribution in [0.15, 0.2) is 23.1 Å². The summed E-state index contributed by atoms with van der Waals surface area (Å²) in [5, 5.41) is -0.120. The Morgan fingerprint density at radius 1 is 1.38 bits per heavy atom. The molecule has 2 N–H and O–H groups in total. The van der Waals surface area contributed by atoms with Crippen LogP contribution in [0.1, 0.15) is 20.3 Å². The summed E-state index contributed by atoms with van der Waals surface area (Å²) in [6.45, 7) is 4.14. The maximum absolute atomic E-state index is 13.7. The lowest BCUT2D eigenvalue weighted by Crippen LogP contribution is -2.35. The van der Waals surface area contributed by atoms with Crippen molar-refractivity contribution in [1.29, 1.82) is 0 Å². The molecule has 8 heteroatoms. The minimum atomic E-state index is -3.95. The number of sulfonamides is 1. The first-order valence-electron chi connectivity index (χ1n) is 6.34. The van der Waals surface area contributed by atoms with E-state index in [0.717, 1.165) is 10.4 Å². The molecule has 0 aliphatic heterocycles. The van der Waals surface area contributed by atoms with Crippen LogP contribution >= 0.6 is 24.0 Å². The average molecular weight is 359 g/mol. The number of nitrogens with two attached hydrogens (primary N) is 1. The number of benzene rings is 1. The van der Waals surface area contributed by atoms with Crippen molar-refractivity contribution in [3.63, 3.8) is 0 Å². The molecule has 0 heterocycles. The Kier molecular flexibility index (Phi) is 8.13. The third kappa shape index (κ3) is 5.07. The zero-order chi connectivity index (χ0) is 15.5. The van der Waals surface area contributed by atoms with Crippen molar-refractivity contribution in [3.05, 3.63) is 29.0 Å². The summed E-state index contributed by atoms with van der Waals surface area (Å²) in [5.74, 6) is -0.597. The molecule has 0 aliphatic rings. The first-order valence-corrected chi connectivity index (χ1v) is 8.15. The molecule has 0 bridgehead atoms. The first-order chi connectivity index (χ1) is 9.17. The first kappa shape index (κ1) is 20.6. The largest absolute Gasteiger partial charge is 0.327 e. The average Bonchev–Trinajstić information content (AvgIpc) is 2.34. The van der Waals surface area contributed by atoms with Crippen LogP contribution in [0.25, 0.3) is 0 Å². The van der Waals surface area contributed by atoms with Crippen molar-refractivity contribution in [3.8, 4) is 0 Å². The minimum absolute atomic E-state index is 0. The number of hydrogen-bond acceptors (Lipinski definition) is 3. The predicted octanol–water partition coefficient (Wildman–Crippen LogP) is 2.89. The highest BCUT2D eigenvalue weighted by Crippen LogP contribution is 2.26. The molecular formula is C13H21Cl2FN2O2S. The van der Waals surface area contributed by atoms with Crippen LogP contribution in [0.4, 0.5) is 4.39 Å². The lowest BCUT2D eigenvalue weighted by atomic mass is 10.0. The number of rotatable bonds is 6. The summed E-state index contributed by atoms with van der Waals surface area (Å²) in [7, 11) is -2.56. The number of nitrogens with zero attached hydrogens (tertiary/aromatic N) is 1. The van der Waals surface area contributed by atoms with Crippen molar-refractivity contribution in [1.82, 2.24) is 4.31 Å². The molecule has 1 unspecified atom stereocenters. The van der Waals surface area contributed by atoms with Gasteiger partial charge in [0.05, 0.1) is 5.02 Å². The summed E-state index contributed by atoms with van der Waals surface area (Å²) in [6, 6.07) is 3.69. The molecule has 0 fully saturated rings. The monoisotopic (exact) mass is 358 g/mol. The zero-order valence-corrected chi connectivity index (χ0v) is 14.6. The normalized spacial score (nSPS) is 13.3. The molecule has 122 valence electrons. The fourth-order valence-electron chi connectivity index (χ4n) is 1.67. The maximum atomic E-state index is 13.7. The highest BCUT2D eigenvalue weighted by Gasteiger charge is 2.27. The van der Waals surface area contributed by atoms with E-state index in [1.165, 1.54) is 19.2 Å². The molecule has 0 aromatic heterocycles. The van der Waals surface area contributed by atoms with Crippen LogP contribution in [-0.4, -0.2) is 32.4 Å². The topological polar surface area (TPSA) is 63.4 Å². The van der Waals surface area contributed by atoms with Gasteiger partial charge in [-0.15, -0.1) is 12.4 Å². The molecular weight excluding hydrogens is 338 g/mol. The molecule has 0 aliphatic carbocycles. The molecule has 1 atom stereocenters. The molecule has 0 saturated heterocycles. The van der Waals surface area contributed by atoms with E-state index in [1.807, 2.05) is 13.8 Å². The van der Waals surface area contributed by atoms with Gasteiger partial charge in [0.15, 0.2) is 0 Å². The van der Waals surface area contributed by atoms with E-state index in [9.17, 15) is 12.8 Å². The minimum Gasteiger partial charge on any atom is -0.327 e. The number of halogens is 3. The lowest BCUT2D eigenvalue weighted by molar-refractivity contribution is 0.396. The van der Waals surface area contributed by atoms with Crippen LogP contribution in [0, 0.1) is 11.7 Å². The SMILES string of the molecule is CC(C)C(N)CCN(C)S(=O)(=O)c1c(F)cccc1Cl.Cl. The Balaban J connectivity index is 0.00000400. The van der Waals surface area contributed by atoms with Gasteiger partial charge in [0.2, 0.25) is 10.0 Å². The van der Waals surface area contributed by atoms with E-state index in [-0.39, 0.29) is 35.9 Å². The van der Waals surface area contributed by atoms with Crippen molar-refractivity contribution < 1.29 is 12.8 Å². The van der Waals surface area contributed by atoms with Crippen molar-refractivity contribution in [2.45, 2.75) is 31.2 Å². The third-order valence-electron chi connectivity index (χ3n) is 3.22. The van der Waals surface area contributed by atoms with Gasteiger partial charge in [-0.3, -0.25) is 0 Å². The second-order valence-electron chi connectivity index (χ2n) is 5.07.